The molecule has 0 bridgehead atoms. The highest BCUT2D eigenvalue weighted by Crippen LogP contribution is 2.18. The highest BCUT2D eigenvalue weighted by Gasteiger charge is 2.18. The third-order valence-corrected chi connectivity index (χ3v) is 14.3. The molecule has 0 aromatic carbocycles. The van der Waals surface area contributed by atoms with E-state index in [1.807, 2.05) is 6.08 Å². The number of aliphatic hydroxyl groups is 2. The minimum Gasteiger partial charge on any atom is -0.394 e. The Morgan fingerprint density at radius 1 is 0.359 bits per heavy atom. The van der Waals surface area contributed by atoms with E-state index in [1.165, 1.54) is 302 Å². The normalized spacial score (nSPS) is 12.8. The van der Waals surface area contributed by atoms with Gasteiger partial charge in [-0.2, -0.15) is 0 Å². The van der Waals surface area contributed by atoms with E-state index in [-0.39, 0.29) is 12.5 Å². The predicted octanol–water partition coefficient (Wildman–Crippen LogP) is 19.7. The molecule has 0 aliphatic rings. The zero-order chi connectivity index (χ0) is 46.3. The molecule has 4 heteroatoms. The summed E-state index contributed by atoms with van der Waals surface area (Å²) in [6.45, 7) is 4.34. The van der Waals surface area contributed by atoms with Crippen LogP contribution in [-0.4, -0.2) is 34.9 Å². The lowest BCUT2D eigenvalue weighted by Crippen LogP contribution is -2.45. The number of allylic oxidation sites excluding steroid dienone is 1. The molecule has 4 nitrogen and oxygen atoms in total. The van der Waals surface area contributed by atoms with E-state index in [0.717, 1.165) is 25.7 Å². The van der Waals surface area contributed by atoms with Crippen molar-refractivity contribution in [3.63, 3.8) is 0 Å². The Balaban J connectivity index is 3.34. The fraction of sp³-hybridized carbons (Fsp3) is 0.950. The molecule has 64 heavy (non-hydrogen) atoms. The summed E-state index contributed by atoms with van der Waals surface area (Å²) in [4.78, 5) is 12.4. The van der Waals surface area contributed by atoms with Crippen LogP contribution in [0.25, 0.3) is 0 Å². The molecule has 2 unspecified atom stereocenters. The Labute approximate surface area is 403 Å². The van der Waals surface area contributed by atoms with Crippen LogP contribution < -0.4 is 5.32 Å². The van der Waals surface area contributed by atoms with Crippen molar-refractivity contribution in [2.75, 3.05) is 6.61 Å². The molecule has 0 fully saturated rings. The lowest BCUT2D eigenvalue weighted by atomic mass is 10.0. The number of amides is 1. The number of carbonyl (C=O) groups is 1. The predicted molar refractivity (Wildman–Crippen MR) is 286 cm³/mol. The first kappa shape index (κ1) is 63.1. The van der Waals surface area contributed by atoms with Gasteiger partial charge in [0.15, 0.2) is 0 Å². The van der Waals surface area contributed by atoms with E-state index < -0.39 is 12.1 Å². The van der Waals surface area contributed by atoms with E-state index in [4.69, 9.17) is 0 Å². The first-order valence-electron chi connectivity index (χ1n) is 29.9. The summed E-state index contributed by atoms with van der Waals surface area (Å²) < 4.78 is 0. The third-order valence-electron chi connectivity index (χ3n) is 14.3. The molecule has 3 N–H and O–H groups in total. The van der Waals surface area contributed by atoms with E-state index in [0.29, 0.717) is 6.42 Å². The van der Waals surface area contributed by atoms with Crippen LogP contribution in [0.2, 0.25) is 0 Å². The van der Waals surface area contributed by atoms with Gasteiger partial charge in [-0.3, -0.25) is 4.79 Å². The van der Waals surface area contributed by atoms with Gasteiger partial charge >= 0.3 is 0 Å². The summed E-state index contributed by atoms with van der Waals surface area (Å²) >= 11 is 0. The first-order chi connectivity index (χ1) is 31.7. The molecule has 0 saturated carbocycles. The van der Waals surface area contributed by atoms with Crippen molar-refractivity contribution in [3.05, 3.63) is 12.2 Å². The molecule has 0 aromatic rings. The fourth-order valence-electron chi connectivity index (χ4n) is 9.71. The molecule has 2 atom stereocenters. The van der Waals surface area contributed by atoms with Crippen molar-refractivity contribution in [2.24, 2.45) is 0 Å². The summed E-state index contributed by atoms with van der Waals surface area (Å²) in [6.07, 6.45) is 74.1. The van der Waals surface area contributed by atoms with Crippen LogP contribution in [-0.2, 0) is 4.79 Å². The minimum absolute atomic E-state index is 0.0566. The molecule has 1 amide bonds. The highest BCUT2D eigenvalue weighted by molar-refractivity contribution is 5.76. The largest absolute Gasteiger partial charge is 0.394 e. The molecule has 0 aliphatic heterocycles. The summed E-state index contributed by atoms with van der Waals surface area (Å²) in [5.74, 6) is -0.0566. The zero-order valence-corrected chi connectivity index (χ0v) is 44.1. The van der Waals surface area contributed by atoms with Crippen molar-refractivity contribution in [1.82, 2.24) is 5.32 Å². The Morgan fingerprint density at radius 2 is 0.578 bits per heavy atom. The molecule has 0 radical (unpaired) electrons. The van der Waals surface area contributed by atoms with Gasteiger partial charge in [0.1, 0.15) is 0 Å². The molecular weight excluding hydrogens is 783 g/mol. The van der Waals surface area contributed by atoms with Crippen molar-refractivity contribution < 1.29 is 15.0 Å². The summed E-state index contributed by atoms with van der Waals surface area (Å²) in [7, 11) is 0. The number of rotatable bonds is 56. The van der Waals surface area contributed by atoms with Gasteiger partial charge in [-0.25, -0.2) is 0 Å². The molecule has 382 valence electrons. The fourth-order valence-corrected chi connectivity index (χ4v) is 9.71. The molecule has 0 heterocycles. The van der Waals surface area contributed by atoms with Crippen molar-refractivity contribution in [3.8, 4) is 0 Å². The van der Waals surface area contributed by atoms with E-state index >= 15 is 0 Å². The van der Waals surface area contributed by atoms with Gasteiger partial charge in [-0.05, 0) is 19.3 Å². The van der Waals surface area contributed by atoms with Crippen LogP contribution in [0.5, 0.6) is 0 Å². The second kappa shape index (κ2) is 56.5. The van der Waals surface area contributed by atoms with Crippen LogP contribution in [0.4, 0.5) is 0 Å². The summed E-state index contributed by atoms with van der Waals surface area (Å²) in [5, 5.41) is 23.1. The van der Waals surface area contributed by atoms with Crippen molar-refractivity contribution in [2.45, 2.75) is 360 Å². The third kappa shape index (κ3) is 52.1. The second-order valence-electron chi connectivity index (χ2n) is 20.8. The lowest BCUT2D eigenvalue weighted by Gasteiger charge is -2.20. The van der Waals surface area contributed by atoms with Gasteiger partial charge in [0.2, 0.25) is 5.91 Å². The van der Waals surface area contributed by atoms with Gasteiger partial charge in [0.05, 0.1) is 18.8 Å². The molecule has 0 spiro atoms. The topological polar surface area (TPSA) is 69.6 Å². The number of hydrogen-bond donors (Lipinski definition) is 3. The molecular formula is C60H119NO3. The van der Waals surface area contributed by atoms with Crippen LogP contribution in [0.15, 0.2) is 12.2 Å². The van der Waals surface area contributed by atoms with Gasteiger partial charge in [0, 0.05) is 6.42 Å². The summed E-state index contributed by atoms with van der Waals surface area (Å²) in [6, 6.07) is -0.617. The molecule has 0 aromatic heterocycles. The number of unbranched alkanes of at least 4 members (excludes halogenated alkanes) is 49. The zero-order valence-electron chi connectivity index (χ0n) is 44.1. The smallest absolute Gasteiger partial charge is 0.220 e. The quantitative estimate of drug-likeness (QED) is 0.0421. The molecule has 0 saturated heterocycles. The van der Waals surface area contributed by atoms with Gasteiger partial charge < -0.3 is 15.5 Å². The van der Waals surface area contributed by atoms with Gasteiger partial charge in [-0.15, -0.1) is 0 Å². The maximum atomic E-state index is 12.4. The SMILES string of the molecule is CCCCCCCCCCCCCC/C=C/C(O)C(CO)NC(=O)CCCCCCCCCCCCCCCCCCCCCCCCCCCCCCCCCCCCCCCC. The Bertz CT molecular complexity index is 890. The van der Waals surface area contributed by atoms with Crippen LogP contribution >= 0.6 is 0 Å². The second-order valence-corrected chi connectivity index (χ2v) is 20.8. The van der Waals surface area contributed by atoms with E-state index in [1.54, 1.807) is 6.08 Å². The summed E-state index contributed by atoms with van der Waals surface area (Å²) in [5.41, 5.74) is 0. The van der Waals surface area contributed by atoms with Crippen LogP contribution in [0.1, 0.15) is 348 Å². The monoisotopic (exact) mass is 902 g/mol. The number of hydrogen-bond acceptors (Lipinski definition) is 3. The molecule has 0 aliphatic carbocycles. The van der Waals surface area contributed by atoms with Crippen LogP contribution in [0.3, 0.4) is 0 Å². The van der Waals surface area contributed by atoms with Crippen molar-refractivity contribution >= 4 is 5.91 Å². The van der Waals surface area contributed by atoms with E-state index in [2.05, 4.69) is 19.2 Å². The standard InChI is InChI=1S/C60H119NO3/c1-3-5-7-9-11-13-15-17-19-20-21-22-23-24-25-26-27-28-29-30-31-32-33-34-35-36-37-38-39-40-41-42-44-46-48-50-52-54-56-60(64)61-58(57-62)59(63)55-53-51-49-47-45-43-18-16-14-12-10-8-6-4-2/h53,55,58-59,62-63H,3-52,54,56-57H2,1-2H3,(H,61,64)/b55-53+. The van der Waals surface area contributed by atoms with Gasteiger partial charge in [0.25, 0.3) is 0 Å². The van der Waals surface area contributed by atoms with E-state index in [9.17, 15) is 15.0 Å². The highest BCUT2D eigenvalue weighted by atomic mass is 16.3. The average molecular weight is 903 g/mol. The average Bonchev–Trinajstić information content (AvgIpc) is 3.30. The molecule has 0 rings (SSSR count). The Kier molecular flexibility index (Phi) is 55.7. The number of nitrogens with one attached hydrogen (secondary N) is 1. The van der Waals surface area contributed by atoms with Crippen LogP contribution in [0, 0.1) is 0 Å². The number of carbonyl (C=O) groups excluding carboxylic acids is 1. The minimum atomic E-state index is -0.834. The lowest BCUT2D eigenvalue weighted by molar-refractivity contribution is -0.123. The Hall–Kier alpha value is -0.870. The maximum Gasteiger partial charge on any atom is 0.220 e. The first-order valence-corrected chi connectivity index (χ1v) is 29.9. The van der Waals surface area contributed by atoms with Gasteiger partial charge in [-0.1, -0.05) is 334 Å². The number of aliphatic hydroxyl groups excluding tert-OH is 2. The Morgan fingerprint density at radius 3 is 0.812 bits per heavy atom. The van der Waals surface area contributed by atoms with Crippen molar-refractivity contribution in [1.29, 1.82) is 0 Å². The maximum absolute atomic E-state index is 12.4.